The van der Waals surface area contributed by atoms with Gasteiger partial charge >= 0.3 is 0 Å². The van der Waals surface area contributed by atoms with Gasteiger partial charge in [0.1, 0.15) is 0 Å². The number of sulfone groups is 1. The Balaban J connectivity index is 2.17. The zero-order chi connectivity index (χ0) is 13.9. The Kier molecular flexibility index (Phi) is 4.87. The molecule has 0 aromatic carbocycles. The van der Waals surface area contributed by atoms with Gasteiger partial charge < -0.3 is 14.8 Å². The van der Waals surface area contributed by atoms with Crippen LogP contribution >= 0.6 is 0 Å². The summed E-state index contributed by atoms with van der Waals surface area (Å²) in [5, 5.41) is 2.93. The zero-order valence-corrected chi connectivity index (χ0v) is 12.7. The van der Waals surface area contributed by atoms with E-state index in [4.69, 9.17) is 9.47 Å². The van der Waals surface area contributed by atoms with Crippen LogP contribution in [0, 0.1) is 0 Å². The largest absolute Gasteiger partial charge is 0.347 e. The molecule has 112 valence electrons. The van der Waals surface area contributed by atoms with Crippen molar-refractivity contribution in [2.45, 2.75) is 56.6 Å². The molecule has 2 unspecified atom stereocenters. The maximum atomic E-state index is 12.5. The first-order valence-corrected chi connectivity index (χ1v) is 8.97. The van der Waals surface area contributed by atoms with Crippen molar-refractivity contribution in [3.05, 3.63) is 0 Å². The van der Waals surface area contributed by atoms with Crippen molar-refractivity contribution in [2.24, 2.45) is 0 Å². The fourth-order valence-electron chi connectivity index (χ4n) is 3.18. The second kappa shape index (κ2) is 6.08. The van der Waals surface area contributed by atoms with E-state index in [0.717, 1.165) is 19.4 Å². The van der Waals surface area contributed by atoms with E-state index in [9.17, 15) is 8.42 Å². The minimum Gasteiger partial charge on any atom is -0.347 e. The van der Waals surface area contributed by atoms with Crippen molar-refractivity contribution in [1.29, 1.82) is 0 Å². The first-order valence-electron chi connectivity index (χ1n) is 7.26. The molecule has 0 radical (unpaired) electrons. The molecular formula is C13H25NO4S. The van der Waals surface area contributed by atoms with Crippen LogP contribution in [0.25, 0.3) is 0 Å². The van der Waals surface area contributed by atoms with Gasteiger partial charge in [0, 0.05) is 18.9 Å². The Labute approximate surface area is 116 Å². The molecule has 0 aromatic heterocycles. The molecule has 19 heavy (non-hydrogen) atoms. The second-order valence-electron chi connectivity index (χ2n) is 5.42. The first-order chi connectivity index (χ1) is 9.03. The van der Waals surface area contributed by atoms with E-state index in [1.165, 1.54) is 0 Å². The predicted molar refractivity (Wildman–Crippen MR) is 73.8 cm³/mol. The van der Waals surface area contributed by atoms with Crippen LogP contribution in [0.5, 0.6) is 0 Å². The van der Waals surface area contributed by atoms with E-state index in [1.807, 2.05) is 13.8 Å². The van der Waals surface area contributed by atoms with Crippen LogP contribution in [0.1, 0.15) is 39.5 Å². The maximum absolute atomic E-state index is 12.5. The highest BCUT2D eigenvalue weighted by Crippen LogP contribution is 2.38. The predicted octanol–water partition coefficient (Wildman–Crippen LogP) is 1.08. The molecule has 5 nitrogen and oxygen atoms in total. The van der Waals surface area contributed by atoms with Crippen LogP contribution in [0.4, 0.5) is 0 Å². The van der Waals surface area contributed by atoms with E-state index >= 15 is 0 Å². The fourth-order valence-corrected chi connectivity index (χ4v) is 5.29. The molecule has 0 aromatic rings. The van der Waals surface area contributed by atoms with Crippen molar-refractivity contribution in [1.82, 2.24) is 5.32 Å². The zero-order valence-electron chi connectivity index (χ0n) is 11.9. The van der Waals surface area contributed by atoms with Gasteiger partial charge in [-0.05, 0) is 19.4 Å². The summed E-state index contributed by atoms with van der Waals surface area (Å²) in [5.74, 6) is -0.396. The lowest BCUT2D eigenvalue weighted by atomic mass is 9.89. The van der Waals surface area contributed by atoms with Crippen molar-refractivity contribution in [3.8, 4) is 0 Å². The molecule has 1 saturated carbocycles. The Morgan fingerprint density at radius 3 is 2.53 bits per heavy atom. The molecule has 2 rings (SSSR count). The summed E-state index contributed by atoms with van der Waals surface area (Å²) >= 11 is 0. The molecule has 1 aliphatic carbocycles. The van der Waals surface area contributed by atoms with Gasteiger partial charge in [0.2, 0.25) is 0 Å². The quantitative estimate of drug-likeness (QED) is 0.821. The Morgan fingerprint density at radius 2 is 1.95 bits per heavy atom. The topological polar surface area (TPSA) is 64.6 Å². The monoisotopic (exact) mass is 291 g/mol. The summed E-state index contributed by atoms with van der Waals surface area (Å²) in [6.45, 7) is 5.85. The van der Waals surface area contributed by atoms with Crippen LogP contribution in [0.2, 0.25) is 0 Å². The van der Waals surface area contributed by atoms with Gasteiger partial charge in [0.25, 0.3) is 0 Å². The van der Waals surface area contributed by atoms with Crippen molar-refractivity contribution in [3.63, 3.8) is 0 Å². The molecule has 1 spiro atoms. The SMILES string of the molecule is CCCS(=O)(=O)C1CC2(CCC1NCC)OCCO2. The average molecular weight is 291 g/mol. The molecule has 2 aliphatic rings. The van der Waals surface area contributed by atoms with E-state index < -0.39 is 15.6 Å². The van der Waals surface area contributed by atoms with Crippen molar-refractivity contribution in [2.75, 3.05) is 25.5 Å². The molecule has 2 fully saturated rings. The molecule has 1 heterocycles. The Hall–Kier alpha value is -0.170. The highest BCUT2D eigenvalue weighted by molar-refractivity contribution is 7.92. The first kappa shape index (κ1) is 15.2. The van der Waals surface area contributed by atoms with E-state index in [1.54, 1.807) is 0 Å². The summed E-state index contributed by atoms with van der Waals surface area (Å²) in [4.78, 5) is 0. The highest BCUT2D eigenvalue weighted by Gasteiger charge is 2.48. The van der Waals surface area contributed by atoms with Crippen LogP contribution in [0.15, 0.2) is 0 Å². The minimum absolute atomic E-state index is 0.0278. The highest BCUT2D eigenvalue weighted by atomic mass is 32.2. The van der Waals surface area contributed by atoms with E-state index in [0.29, 0.717) is 26.1 Å². The molecule has 0 amide bonds. The summed E-state index contributed by atoms with van der Waals surface area (Å²) in [7, 11) is -3.09. The van der Waals surface area contributed by atoms with Gasteiger partial charge in [-0.3, -0.25) is 0 Å². The standard InChI is InChI=1S/C13H25NO4S/c1-3-9-19(15,16)12-10-13(17-7-8-18-13)6-5-11(12)14-4-2/h11-12,14H,3-10H2,1-2H3. The van der Waals surface area contributed by atoms with Crippen molar-refractivity contribution < 1.29 is 17.9 Å². The van der Waals surface area contributed by atoms with Gasteiger partial charge in [-0.15, -0.1) is 0 Å². The molecule has 1 aliphatic heterocycles. The van der Waals surface area contributed by atoms with Crippen LogP contribution in [-0.2, 0) is 19.3 Å². The average Bonchev–Trinajstić information content (AvgIpc) is 2.80. The number of hydrogen-bond donors (Lipinski definition) is 1. The minimum atomic E-state index is -3.09. The number of ether oxygens (including phenoxy) is 2. The third-order valence-corrected chi connectivity index (χ3v) is 6.42. The van der Waals surface area contributed by atoms with Crippen molar-refractivity contribution >= 4 is 9.84 Å². The second-order valence-corrected chi connectivity index (χ2v) is 7.76. The van der Waals surface area contributed by atoms with Gasteiger partial charge in [0.15, 0.2) is 15.6 Å². The van der Waals surface area contributed by atoms with E-state index in [-0.39, 0.29) is 17.0 Å². The van der Waals surface area contributed by atoms with Crippen LogP contribution < -0.4 is 5.32 Å². The molecule has 2 atom stereocenters. The number of rotatable bonds is 5. The van der Waals surface area contributed by atoms with Crippen LogP contribution in [0.3, 0.4) is 0 Å². The lowest BCUT2D eigenvalue weighted by molar-refractivity contribution is -0.178. The molecule has 1 N–H and O–H groups in total. The molecule has 0 bridgehead atoms. The lowest BCUT2D eigenvalue weighted by Gasteiger charge is -2.40. The smallest absolute Gasteiger partial charge is 0.169 e. The molecule has 1 saturated heterocycles. The van der Waals surface area contributed by atoms with Gasteiger partial charge in [-0.2, -0.15) is 0 Å². The van der Waals surface area contributed by atoms with E-state index in [2.05, 4.69) is 5.32 Å². The number of nitrogens with one attached hydrogen (secondary N) is 1. The normalized spacial score (nSPS) is 30.8. The molecular weight excluding hydrogens is 266 g/mol. The Morgan fingerprint density at radius 1 is 1.26 bits per heavy atom. The molecule has 6 heteroatoms. The Bertz CT molecular complexity index is 389. The fraction of sp³-hybridized carbons (Fsp3) is 1.00. The summed E-state index contributed by atoms with van der Waals surface area (Å²) < 4.78 is 36.3. The van der Waals surface area contributed by atoms with Gasteiger partial charge in [0.05, 0.1) is 24.2 Å². The third kappa shape index (κ3) is 3.29. The number of hydrogen-bond acceptors (Lipinski definition) is 5. The van der Waals surface area contributed by atoms with Gasteiger partial charge in [-0.25, -0.2) is 8.42 Å². The third-order valence-electron chi connectivity index (χ3n) is 4.03. The maximum Gasteiger partial charge on any atom is 0.169 e. The summed E-state index contributed by atoms with van der Waals surface area (Å²) in [5.41, 5.74) is 0. The summed E-state index contributed by atoms with van der Waals surface area (Å²) in [6, 6.07) is 0.0278. The van der Waals surface area contributed by atoms with Crippen LogP contribution in [-0.4, -0.2) is 51.0 Å². The van der Waals surface area contributed by atoms with Gasteiger partial charge in [-0.1, -0.05) is 13.8 Å². The summed E-state index contributed by atoms with van der Waals surface area (Å²) in [6.07, 6.45) is 2.70. The lowest BCUT2D eigenvalue weighted by Crippen LogP contribution is -2.54.